The summed E-state index contributed by atoms with van der Waals surface area (Å²) >= 11 is 4.83. The second-order valence-corrected chi connectivity index (χ2v) is 4.44. The van der Waals surface area contributed by atoms with Crippen molar-refractivity contribution >= 4 is 17.2 Å². The summed E-state index contributed by atoms with van der Waals surface area (Å²) in [4.78, 5) is 4.28. The third-order valence-corrected chi connectivity index (χ3v) is 2.90. The van der Waals surface area contributed by atoms with Crippen LogP contribution in [-0.4, -0.2) is 19.8 Å². The van der Waals surface area contributed by atoms with Crippen LogP contribution in [0.25, 0.3) is 0 Å². The normalized spacial score (nSPS) is 10.5. The summed E-state index contributed by atoms with van der Waals surface area (Å²) < 4.78 is 1.75. The Bertz CT molecular complexity index is 539. The molecule has 2 rings (SSSR count). The molecule has 88 valence electrons. The fourth-order valence-electron chi connectivity index (χ4n) is 1.74. The van der Waals surface area contributed by atoms with Gasteiger partial charge in [0, 0.05) is 0 Å². The van der Waals surface area contributed by atoms with Gasteiger partial charge in [-0.05, 0) is 30.5 Å². The molecular weight excluding hydrogens is 232 g/mol. The van der Waals surface area contributed by atoms with Crippen molar-refractivity contribution < 1.29 is 0 Å². The molecule has 0 aliphatic rings. The number of hydrogen-bond donors (Lipinski definition) is 1. The standard InChI is InChI=1S/C12H14N4S/c1-8-4-3-5-9(2)10(8)6-16-7-14-12(15-16)11(13)17/h3-5,7H,6H2,1-2H3,(H2,13,17). The van der Waals surface area contributed by atoms with Gasteiger partial charge in [0.1, 0.15) is 11.3 Å². The summed E-state index contributed by atoms with van der Waals surface area (Å²) in [6.07, 6.45) is 1.65. The summed E-state index contributed by atoms with van der Waals surface area (Å²) in [5.41, 5.74) is 9.22. The van der Waals surface area contributed by atoms with Crippen LogP contribution in [0.5, 0.6) is 0 Å². The molecule has 0 saturated heterocycles. The van der Waals surface area contributed by atoms with E-state index < -0.39 is 0 Å². The quantitative estimate of drug-likeness (QED) is 0.835. The second-order valence-electron chi connectivity index (χ2n) is 4.00. The topological polar surface area (TPSA) is 56.7 Å². The van der Waals surface area contributed by atoms with Gasteiger partial charge >= 0.3 is 0 Å². The Labute approximate surface area is 105 Å². The van der Waals surface area contributed by atoms with E-state index in [9.17, 15) is 0 Å². The number of hydrogen-bond acceptors (Lipinski definition) is 3. The number of aromatic nitrogens is 3. The molecular formula is C12H14N4S. The Morgan fingerprint density at radius 2 is 2.00 bits per heavy atom. The molecule has 1 aromatic carbocycles. The van der Waals surface area contributed by atoms with Gasteiger partial charge < -0.3 is 5.73 Å². The Morgan fingerprint density at radius 1 is 1.35 bits per heavy atom. The minimum Gasteiger partial charge on any atom is -0.387 e. The van der Waals surface area contributed by atoms with E-state index in [4.69, 9.17) is 18.0 Å². The van der Waals surface area contributed by atoms with Gasteiger partial charge in [0.05, 0.1) is 6.54 Å². The summed E-state index contributed by atoms with van der Waals surface area (Å²) in [6, 6.07) is 6.23. The van der Waals surface area contributed by atoms with Crippen molar-refractivity contribution in [1.82, 2.24) is 14.8 Å². The zero-order valence-corrected chi connectivity index (χ0v) is 10.7. The maximum atomic E-state index is 5.47. The van der Waals surface area contributed by atoms with Crippen LogP contribution in [0.2, 0.25) is 0 Å². The van der Waals surface area contributed by atoms with Gasteiger partial charge in [-0.25, -0.2) is 9.67 Å². The predicted molar refractivity (Wildman–Crippen MR) is 70.9 cm³/mol. The maximum Gasteiger partial charge on any atom is 0.208 e. The van der Waals surface area contributed by atoms with Crippen LogP contribution in [0, 0.1) is 13.8 Å². The van der Waals surface area contributed by atoms with E-state index in [2.05, 4.69) is 42.1 Å². The molecule has 0 radical (unpaired) electrons. The van der Waals surface area contributed by atoms with Crippen LogP contribution in [0.3, 0.4) is 0 Å². The lowest BCUT2D eigenvalue weighted by molar-refractivity contribution is 0.677. The van der Waals surface area contributed by atoms with Gasteiger partial charge in [-0.1, -0.05) is 30.4 Å². The molecule has 0 amide bonds. The molecule has 1 heterocycles. The highest BCUT2D eigenvalue weighted by molar-refractivity contribution is 7.80. The van der Waals surface area contributed by atoms with Crippen molar-refractivity contribution in [2.24, 2.45) is 5.73 Å². The van der Waals surface area contributed by atoms with Crippen molar-refractivity contribution in [3.05, 3.63) is 47.0 Å². The number of nitrogens with two attached hydrogens (primary N) is 1. The lowest BCUT2D eigenvalue weighted by Gasteiger charge is -2.08. The van der Waals surface area contributed by atoms with Crippen molar-refractivity contribution in [3.63, 3.8) is 0 Å². The van der Waals surface area contributed by atoms with Crippen LogP contribution < -0.4 is 5.73 Å². The van der Waals surface area contributed by atoms with Gasteiger partial charge in [0.15, 0.2) is 0 Å². The fraction of sp³-hybridized carbons (Fsp3) is 0.250. The first-order valence-corrected chi connectivity index (χ1v) is 5.73. The van der Waals surface area contributed by atoms with Gasteiger partial charge in [0.25, 0.3) is 0 Å². The molecule has 1 aromatic heterocycles. The summed E-state index contributed by atoms with van der Waals surface area (Å²) in [6.45, 7) is 4.87. The Balaban J connectivity index is 2.28. The van der Waals surface area contributed by atoms with Crippen LogP contribution >= 0.6 is 12.2 Å². The average Bonchev–Trinajstić information content (AvgIpc) is 2.72. The van der Waals surface area contributed by atoms with Crippen LogP contribution in [0.1, 0.15) is 22.5 Å². The average molecular weight is 246 g/mol. The van der Waals surface area contributed by atoms with E-state index in [1.165, 1.54) is 16.7 Å². The minimum absolute atomic E-state index is 0.227. The number of rotatable bonds is 3. The molecule has 0 bridgehead atoms. The van der Waals surface area contributed by atoms with E-state index in [1.807, 2.05) is 0 Å². The molecule has 4 nitrogen and oxygen atoms in total. The van der Waals surface area contributed by atoms with E-state index in [1.54, 1.807) is 11.0 Å². The molecule has 0 atom stereocenters. The molecule has 17 heavy (non-hydrogen) atoms. The zero-order valence-electron chi connectivity index (χ0n) is 9.84. The van der Waals surface area contributed by atoms with E-state index in [0.29, 0.717) is 12.4 Å². The van der Waals surface area contributed by atoms with Gasteiger partial charge in [-0.3, -0.25) is 0 Å². The lowest BCUT2D eigenvalue weighted by Crippen LogP contribution is -2.12. The molecule has 0 aliphatic heterocycles. The second kappa shape index (κ2) is 4.63. The summed E-state index contributed by atoms with van der Waals surface area (Å²) in [7, 11) is 0. The van der Waals surface area contributed by atoms with Crippen LogP contribution in [0.15, 0.2) is 24.5 Å². The first-order chi connectivity index (χ1) is 8.08. The molecule has 2 aromatic rings. The van der Waals surface area contributed by atoms with Gasteiger partial charge in [-0.2, -0.15) is 0 Å². The van der Waals surface area contributed by atoms with Gasteiger partial charge in [0.2, 0.25) is 5.82 Å². The largest absolute Gasteiger partial charge is 0.387 e. The SMILES string of the molecule is Cc1cccc(C)c1Cn1cnc(C(N)=S)n1. The molecule has 0 fully saturated rings. The van der Waals surface area contributed by atoms with Crippen molar-refractivity contribution in [3.8, 4) is 0 Å². The zero-order chi connectivity index (χ0) is 12.4. The first kappa shape index (κ1) is 11.7. The third kappa shape index (κ3) is 2.50. The monoisotopic (exact) mass is 246 g/mol. The highest BCUT2D eigenvalue weighted by Crippen LogP contribution is 2.14. The lowest BCUT2D eigenvalue weighted by atomic mass is 10.0. The maximum absolute atomic E-state index is 5.47. The molecule has 0 spiro atoms. The molecule has 0 unspecified atom stereocenters. The number of thiocarbonyl (C=S) groups is 1. The van der Waals surface area contributed by atoms with E-state index in [0.717, 1.165) is 0 Å². The Hall–Kier alpha value is -1.75. The molecule has 0 aliphatic carbocycles. The van der Waals surface area contributed by atoms with E-state index in [-0.39, 0.29) is 4.99 Å². The van der Waals surface area contributed by atoms with Crippen LogP contribution in [-0.2, 0) is 6.54 Å². The number of benzene rings is 1. The van der Waals surface area contributed by atoms with Crippen molar-refractivity contribution in [2.45, 2.75) is 20.4 Å². The van der Waals surface area contributed by atoms with E-state index >= 15 is 0 Å². The molecule has 0 saturated carbocycles. The molecule has 2 N–H and O–H groups in total. The van der Waals surface area contributed by atoms with Crippen molar-refractivity contribution in [2.75, 3.05) is 0 Å². The summed E-state index contributed by atoms with van der Waals surface area (Å²) in [5, 5.41) is 4.23. The Morgan fingerprint density at radius 3 is 2.53 bits per heavy atom. The van der Waals surface area contributed by atoms with Crippen molar-refractivity contribution in [1.29, 1.82) is 0 Å². The van der Waals surface area contributed by atoms with Gasteiger partial charge in [-0.15, -0.1) is 5.10 Å². The first-order valence-electron chi connectivity index (χ1n) is 5.32. The fourth-order valence-corrected chi connectivity index (χ4v) is 1.84. The Kier molecular flexibility index (Phi) is 3.19. The minimum atomic E-state index is 0.227. The number of nitrogens with zero attached hydrogens (tertiary/aromatic N) is 3. The highest BCUT2D eigenvalue weighted by Gasteiger charge is 2.06. The predicted octanol–water partition coefficient (Wildman–Crippen LogP) is 1.58. The third-order valence-electron chi connectivity index (χ3n) is 2.72. The summed E-state index contributed by atoms with van der Waals surface area (Å²) in [5.74, 6) is 0.422. The highest BCUT2D eigenvalue weighted by atomic mass is 32.1. The molecule has 5 heteroatoms. The van der Waals surface area contributed by atoms with Crippen LogP contribution in [0.4, 0.5) is 0 Å². The number of aryl methyl sites for hydroxylation is 2. The smallest absolute Gasteiger partial charge is 0.208 e.